The molecule has 0 amide bonds. The zero-order valence-electron chi connectivity index (χ0n) is 16.2. The van der Waals surface area contributed by atoms with Gasteiger partial charge in [0.05, 0.1) is 11.7 Å². The Morgan fingerprint density at radius 1 is 1.21 bits per heavy atom. The van der Waals surface area contributed by atoms with Crippen molar-refractivity contribution in [2.24, 2.45) is 0 Å². The number of aryl methyl sites for hydroxylation is 1. The van der Waals surface area contributed by atoms with Crippen molar-refractivity contribution < 1.29 is 8.78 Å². The Bertz CT molecular complexity index is 1050. The van der Waals surface area contributed by atoms with Crippen LogP contribution in [0.2, 0.25) is 0 Å². The number of anilines is 3. The van der Waals surface area contributed by atoms with Crippen molar-refractivity contribution >= 4 is 23.8 Å². The Hall–Kier alpha value is -3.36. The molecule has 2 N–H and O–H groups in total. The van der Waals surface area contributed by atoms with Crippen LogP contribution in [0.4, 0.5) is 26.5 Å². The third kappa shape index (κ3) is 4.08. The zero-order valence-corrected chi connectivity index (χ0v) is 16.2. The first kappa shape index (κ1) is 19.0. The van der Waals surface area contributed by atoms with Gasteiger partial charge in [0.15, 0.2) is 5.82 Å². The monoisotopic (exact) mass is 397 g/mol. The molecule has 3 aromatic rings. The lowest BCUT2D eigenvalue weighted by Crippen LogP contribution is -2.26. The summed E-state index contributed by atoms with van der Waals surface area (Å²) in [5.41, 5.74) is 1.17. The van der Waals surface area contributed by atoms with Crippen molar-refractivity contribution in [3.63, 3.8) is 0 Å². The van der Waals surface area contributed by atoms with Crippen LogP contribution in [0.3, 0.4) is 0 Å². The molecule has 1 fully saturated rings. The highest BCUT2D eigenvalue weighted by atomic mass is 19.1. The summed E-state index contributed by atoms with van der Waals surface area (Å²) in [6.45, 7) is 4.33. The van der Waals surface area contributed by atoms with E-state index in [0.717, 1.165) is 24.2 Å². The van der Waals surface area contributed by atoms with E-state index in [2.05, 4.69) is 30.5 Å². The number of aromatic amines is 1. The number of aromatic nitrogens is 5. The molecule has 4 rings (SSSR count). The molecule has 2 aromatic heterocycles. The number of rotatable bonds is 5. The minimum atomic E-state index is -0.460. The molecule has 0 aliphatic carbocycles. The van der Waals surface area contributed by atoms with Gasteiger partial charge in [0.2, 0.25) is 11.9 Å². The number of halogens is 2. The predicted molar refractivity (Wildman–Crippen MR) is 107 cm³/mol. The summed E-state index contributed by atoms with van der Waals surface area (Å²) < 4.78 is 28.1. The maximum Gasteiger partial charge on any atom is 0.233 e. The Morgan fingerprint density at radius 2 is 2.07 bits per heavy atom. The van der Waals surface area contributed by atoms with Crippen LogP contribution in [-0.2, 0) is 0 Å². The third-order valence-corrected chi connectivity index (χ3v) is 4.75. The van der Waals surface area contributed by atoms with Crippen LogP contribution in [-0.4, -0.2) is 31.7 Å². The van der Waals surface area contributed by atoms with Crippen LogP contribution in [0.15, 0.2) is 30.3 Å². The first-order valence-corrected chi connectivity index (χ1v) is 9.43. The molecule has 150 valence electrons. The summed E-state index contributed by atoms with van der Waals surface area (Å²) in [6.07, 6.45) is 5.33. The van der Waals surface area contributed by atoms with Crippen molar-refractivity contribution in [2.75, 3.05) is 16.8 Å². The molecule has 29 heavy (non-hydrogen) atoms. The fourth-order valence-corrected chi connectivity index (χ4v) is 3.53. The molecule has 1 unspecified atom stereocenters. The number of nitrogens with one attached hydrogen (secondary N) is 2. The second-order valence-electron chi connectivity index (χ2n) is 6.86. The molecule has 1 aliphatic heterocycles. The molecule has 7 nitrogen and oxygen atoms in total. The van der Waals surface area contributed by atoms with E-state index < -0.39 is 11.6 Å². The molecule has 1 aromatic carbocycles. The molecule has 1 atom stereocenters. The first-order valence-electron chi connectivity index (χ1n) is 9.43. The Balaban J connectivity index is 1.63. The van der Waals surface area contributed by atoms with E-state index in [9.17, 15) is 8.78 Å². The van der Waals surface area contributed by atoms with Crippen LogP contribution >= 0.6 is 0 Å². The van der Waals surface area contributed by atoms with E-state index in [0.29, 0.717) is 42.1 Å². The maximum absolute atomic E-state index is 14.3. The van der Waals surface area contributed by atoms with Gasteiger partial charge in [-0.3, -0.25) is 5.10 Å². The van der Waals surface area contributed by atoms with Crippen LogP contribution < -0.4 is 10.2 Å². The van der Waals surface area contributed by atoms with Crippen molar-refractivity contribution in [2.45, 2.75) is 32.7 Å². The van der Waals surface area contributed by atoms with E-state index in [1.165, 1.54) is 6.07 Å². The molecule has 3 heterocycles. The number of allylic oxidation sites excluding steroid dienone is 1. The lowest BCUT2D eigenvalue weighted by molar-refractivity contribution is 0.558. The van der Waals surface area contributed by atoms with E-state index in [1.54, 1.807) is 6.92 Å². The van der Waals surface area contributed by atoms with Crippen LogP contribution in [0.1, 0.15) is 42.9 Å². The highest BCUT2D eigenvalue weighted by Crippen LogP contribution is 2.36. The number of hydrogen-bond donors (Lipinski definition) is 2. The summed E-state index contributed by atoms with van der Waals surface area (Å²) in [5.74, 6) is 0.973. The van der Waals surface area contributed by atoms with Crippen LogP contribution in [0.25, 0.3) is 6.08 Å². The minimum absolute atomic E-state index is 0.318. The zero-order chi connectivity index (χ0) is 20.4. The molecule has 0 spiro atoms. The average Bonchev–Trinajstić information content (AvgIpc) is 3.33. The normalized spacial score (nSPS) is 16.7. The minimum Gasteiger partial charge on any atom is -0.334 e. The summed E-state index contributed by atoms with van der Waals surface area (Å²) in [7, 11) is 0. The molecule has 9 heteroatoms. The van der Waals surface area contributed by atoms with Gasteiger partial charge in [0.1, 0.15) is 17.5 Å². The van der Waals surface area contributed by atoms with E-state index in [4.69, 9.17) is 0 Å². The van der Waals surface area contributed by atoms with E-state index in [-0.39, 0.29) is 6.04 Å². The lowest BCUT2D eigenvalue weighted by atomic mass is 10.0. The second kappa shape index (κ2) is 7.94. The van der Waals surface area contributed by atoms with E-state index >= 15 is 0 Å². The number of benzene rings is 1. The Morgan fingerprint density at radius 3 is 2.90 bits per heavy atom. The molecule has 1 saturated heterocycles. The van der Waals surface area contributed by atoms with Gasteiger partial charge in [-0.05, 0) is 51.0 Å². The SMILES string of the molecule is C/C=C/c1cc(Nc2nc(C)nc(N3CCCC3c3cc(F)ccc3F)n2)n[nH]1. The van der Waals surface area contributed by atoms with Gasteiger partial charge in [-0.2, -0.15) is 20.1 Å². The average molecular weight is 397 g/mol. The quantitative estimate of drug-likeness (QED) is 0.668. The smallest absolute Gasteiger partial charge is 0.233 e. The molecular formula is C20H21F2N7. The highest BCUT2D eigenvalue weighted by molar-refractivity contribution is 5.55. The van der Waals surface area contributed by atoms with Crippen molar-refractivity contribution in [1.82, 2.24) is 25.1 Å². The second-order valence-corrected chi connectivity index (χ2v) is 6.86. The van der Waals surface area contributed by atoms with Crippen molar-refractivity contribution in [3.05, 3.63) is 59.1 Å². The molecule has 0 radical (unpaired) electrons. The Labute approximate surface area is 166 Å². The topological polar surface area (TPSA) is 82.6 Å². The fourth-order valence-electron chi connectivity index (χ4n) is 3.53. The van der Waals surface area contributed by atoms with Gasteiger partial charge in [0, 0.05) is 18.2 Å². The van der Waals surface area contributed by atoms with Gasteiger partial charge in [-0.25, -0.2) is 8.78 Å². The fraction of sp³-hybridized carbons (Fsp3) is 0.300. The van der Waals surface area contributed by atoms with Gasteiger partial charge < -0.3 is 10.2 Å². The number of H-pyrrole nitrogens is 1. The summed E-state index contributed by atoms with van der Waals surface area (Å²) in [4.78, 5) is 15.1. The van der Waals surface area contributed by atoms with Crippen LogP contribution in [0.5, 0.6) is 0 Å². The van der Waals surface area contributed by atoms with Crippen LogP contribution in [0, 0.1) is 18.6 Å². The molecule has 0 saturated carbocycles. The number of hydrogen-bond acceptors (Lipinski definition) is 6. The first-order chi connectivity index (χ1) is 14.0. The maximum atomic E-state index is 14.3. The molecule has 0 bridgehead atoms. The highest BCUT2D eigenvalue weighted by Gasteiger charge is 2.31. The molecule has 1 aliphatic rings. The third-order valence-electron chi connectivity index (χ3n) is 4.75. The summed E-state index contributed by atoms with van der Waals surface area (Å²) in [5, 5.41) is 10.1. The summed E-state index contributed by atoms with van der Waals surface area (Å²) in [6, 6.07) is 5.04. The predicted octanol–water partition coefficient (Wildman–Crippen LogP) is 4.30. The number of nitrogens with zero attached hydrogens (tertiary/aromatic N) is 5. The standard InChI is InChI=1S/C20H21F2N7/c1-3-5-14-11-18(28-27-14)25-19-23-12(2)24-20(26-19)29-9-4-6-17(29)15-10-13(21)7-8-16(15)22/h3,5,7-8,10-11,17H,4,6,9H2,1-2H3,(H2,23,24,25,26,27,28)/b5-3+. The lowest BCUT2D eigenvalue weighted by Gasteiger charge is -2.25. The molecular weight excluding hydrogens is 376 g/mol. The van der Waals surface area contributed by atoms with E-state index in [1.807, 2.05) is 30.0 Å². The van der Waals surface area contributed by atoms with Crippen molar-refractivity contribution in [3.8, 4) is 0 Å². The van der Waals surface area contributed by atoms with Gasteiger partial charge in [0.25, 0.3) is 0 Å². The summed E-state index contributed by atoms with van der Waals surface area (Å²) >= 11 is 0. The largest absolute Gasteiger partial charge is 0.334 e. The Kier molecular flexibility index (Phi) is 5.20. The van der Waals surface area contributed by atoms with Gasteiger partial charge in [-0.15, -0.1) is 0 Å². The van der Waals surface area contributed by atoms with Gasteiger partial charge in [-0.1, -0.05) is 6.08 Å². The van der Waals surface area contributed by atoms with Crippen molar-refractivity contribution in [1.29, 1.82) is 0 Å². The van der Waals surface area contributed by atoms with Gasteiger partial charge >= 0.3 is 0 Å².